The molecule has 0 radical (unpaired) electrons. The van der Waals surface area contributed by atoms with E-state index in [4.69, 9.17) is 18.9 Å². The molecule has 9 atom stereocenters. The second-order valence-electron chi connectivity index (χ2n) is 17.1. The molecule has 0 spiro atoms. The van der Waals surface area contributed by atoms with E-state index in [-0.39, 0.29) is 23.5 Å². The van der Waals surface area contributed by atoms with Gasteiger partial charge in [-0.3, -0.25) is 14.9 Å². The standard InChI is InChI=1S/C42H49NO9/c1-39(2,3)52-38(48)43-31-18-24(17-26-13-15-49-36(26)31)16-23-6-8-25(9-7-23)37-50-34-20-30-29-11-10-27-19-28(45)12-14-40(27,4)35(29)32(46)21-41(30,5)42(34,51-37)33(47)22-44/h6-9,12,14,17-19,29-30,32,34-35,37,44,46H,10-11,13,15-16,20-22H2,1-5H3,(H,43,48)/t29-,30-,32-,34+,35+,37+,40-,41-,42+/m0/s1. The fourth-order valence-electron chi connectivity index (χ4n) is 10.8. The molecule has 2 aliphatic heterocycles. The van der Waals surface area contributed by atoms with Crippen molar-refractivity contribution >= 4 is 23.3 Å². The lowest BCUT2D eigenvalue weighted by molar-refractivity contribution is -0.201. The van der Waals surface area contributed by atoms with Gasteiger partial charge in [-0.2, -0.15) is 0 Å². The van der Waals surface area contributed by atoms with Crippen LogP contribution in [0.15, 0.2) is 60.2 Å². The molecule has 4 aliphatic carbocycles. The predicted octanol–water partition coefficient (Wildman–Crippen LogP) is 6.16. The number of allylic oxidation sites excluding steroid dienone is 4. The van der Waals surface area contributed by atoms with Crippen LogP contribution < -0.4 is 10.1 Å². The second-order valence-corrected chi connectivity index (χ2v) is 17.1. The zero-order valence-corrected chi connectivity index (χ0v) is 30.6. The van der Waals surface area contributed by atoms with Crippen molar-refractivity contribution in [2.75, 3.05) is 18.5 Å². The van der Waals surface area contributed by atoms with E-state index in [9.17, 15) is 24.6 Å². The Bertz CT molecular complexity index is 1880. The number of benzene rings is 2. The van der Waals surface area contributed by atoms with Crippen molar-refractivity contribution in [3.05, 3.63) is 82.5 Å². The molecule has 0 bridgehead atoms. The van der Waals surface area contributed by atoms with Crippen LogP contribution in [0.3, 0.4) is 0 Å². The van der Waals surface area contributed by atoms with Gasteiger partial charge in [0.15, 0.2) is 23.5 Å². The number of Topliss-reactive ketones (excluding diaryl/α,β-unsaturated/α-hetero) is 1. The first kappa shape index (κ1) is 35.2. The number of aliphatic hydroxyl groups is 2. The Morgan fingerprint density at radius 1 is 1.08 bits per heavy atom. The van der Waals surface area contributed by atoms with Gasteiger partial charge in [0.2, 0.25) is 0 Å². The fourth-order valence-corrected chi connectivity index (χ4v) is 10.8. The number of fused-ring (bicyclic) bond motifs is 8. The number of ether oxygens (including phenoxy) is 4. The minimum Gasteiger partial charge on any atom is -0.491 e. The molecular formula is C42H49NO9. The van der Waals surface area contributed by atoms with Gasteiger partial charge in [-0.05, 0) is 99.6 Å². The van der Waals surface area contributed by atoms with Crippen LogP contribution in [0.5, 0.6) is 5.75 Å². The summed E-state index contributed by atoms with van der Waals surface area (Å²) < 4.78 is 24.7. The molecule has 3 N–H and O–H groups in total. The fraction of sp³-hybridized carbons (Fsp3) is 0.548. The van der Waals surface area contributed by atoms with E-state index < -0.39 is 59.0 Å². The van der Waals surface area contributed by atoms with Crippen molar-refractivity contribution in [2.24, 2.45) is 28.6 Å². The Morgan fingerprint density at radius 2 is 1.85 bits per heavy atom. The Kier molecular flexibility index (Phi) is 8.37. The average Bonchev–Trinajstić information content (AvgIpc) is 3.77. The lowest BCUT2D eigenvalue weighted by Gasteiger charge is -2.59. The largest absolute Gasteiger partial charge is 0.491 e. The topological polar surface area (TPSA) is 141 Å². The molecule has 3 saturated carbocycles. The van der Waals surface area contributed by atoms with E-state index in [1.54, 1.807) is 12.2 Å². The lowest BCUT2D eigenvalue weighted by atomic mass is 9.46. The third-order valence-corrected chi connectivity index (χ3v) is 12.9. The molecule has 6 aliphatic rings. The summed E-state index contributed by atoms with van der Waals surface area (Å²) in [4.78, 5) is 38.7. The maximum absolute atomic E-state index is 13.9. The summed E-state index contributed by atoms with van der Waals surface area (Å²) >= 11 is 0. The minimum absolute atomic E-state index is 0.00936. The van der Waals surface area contributed by atoms with Crippen LogP contribution in [0, 0.1) is 28.6 Å². The first-order chi connectivity index (χ1) is 24.6. The summed E-state index contributed by atoms with van der Waals surface area (Å²) in [5, 5.41) is 25.1. The minimum atomic E-state index is -1.40. The van der Waals surface area contributed by atoms with Crippen LogP contribution >= 0.6 is 0 Å². The Hall–Kier alpha value is -3.83. The normalized spacial score (nSPS) is 35.8. The number of aliphatic hydroxyl groups excluding tert-OH is 2. The molecule has 2 aromatic carbocycles. The van der Waals surface area contributed by atoms with E-state index in [0.29, 0.717) is 37.3 Å². The molecule has 8 rings (SSSR count). The third kappa shape index (κ3) is 5.48. The van der Waals surface area contributed by atoms with Crippen LogP contribution in [-0.4, -0.2) is 64.5 Å². The van der Waals surface area contributed by atoms with E-state index >= 15 is 0 Å². The summed E-state index contributed by atoms with van der Waals surface area (Å²) in [6.07, 6.45) is 6.53. The van der Waals surface area contributed by atoms with Crippen molar-refractivity contribution in [1.82, 2.24) is 0 Å². The number of hydrogen-bond donors (Lipinski definition) is 3. The maximum atomic E-state index is 13.9. The van der Waals surface area contributed by atoms with E-state index in [2.05, 4.69) is 18.3 Å². The molecule has 0 aromatic heterocycles. The third-order valence-electron chi connectivity index (χ3n) is 12.9. The number of carbonyl (C=O) groups excluding carboxylic acids is 3. The second kappa shape index (κ2) is 12.4. The van der Waals surface area contributed by atoms with Gasteiger partial charge in [0.05, 0.1) is 24.5 Å². The molecular weight excluding hydrogens is 662 g/mol. The maximum Gasteiger partial charge on any atom is 0.412 e. The van der Waals surface area contributed by atoms with Gasteiger partial charge in [0.1, 0.15) is 18.0 Å². The number of amides is 1. The van der Waals surface area contributed by atoms with E-state index in [1.165, 1.54) is 0 Å². The van der Waals surface area contributed by atoms with Crippen molar-refractivity contribution < 1.29 is 43.5 Å². The lowest BCUT2D eigenvalue weighted by Crippen LogP contribution is -2.63. The van der Waals surface area contributed by atoms with Crippen LogP contribution in [-0.2, 0) is 36.6 Å². The summed E-state index contributed by atoms with van der Waals surface area (Å²) in [6, 6.07) is 12.0. The van der Waals surface area contributed by atoms with Gasteiger partial charge in [-0.25, -0.2) is 4.79 Å². The quantitative estimate of drug-likeness (QED) is 0.321. The highest BCUT2D eigenvalue weighted by Crippen LogP contribution is 2.70. The summed E-state index contributed by atoms with van der Waals surface area (Å²) in [7, 11) is 0. The molecule has 1 saturated heterocycles. The molecule has 0 unspecified atom stereocenters. The molecule has 2 aromatic rings. The smallest absolute Gasteiger partial charge is 0.412 e. The Morgan fingerprint density at radius 3 is 2.58 bits per heavy atom. The first-order valence-electron chi connectivity index (χ1n) is 18.6. The highest BCUT2D eigenvalue weighted by Gasteiger charge is 2.75. The van der Waals surface area contributed by atoms with Gasteiger partial charge in [-0.1, -0.05) is 55.8 Å². The van der Waals surface area contributed by atoms with E-state index in [0.717, 1.165) is 47.1 Å². The van der Waals surface area contributed by atoms with Crippen LogP contribution in [0.25, 0.3) is 0 Å². The molecule has 276 valence electrons. The zero-order valence-electron chi connectivity index (χ0n) is 30.6. The van der Waals surface area contributed by atoms with Gasteiger partial charge in [0.25, 0.3) is 0 Å². The van der Waals surface area contributed by atoms with Gasteiger partial charge in [-0.15, -0.1) is 0 Å². The van der Waals surface area contributed by atoms with Gasteiger partial charge in [0, 0.05) is 28.7 Å². The summed E-state index contributed by atoms with van der Waals surface area (Å²) in [6.45, 7) is 9.51. The Balaban J connectivity index is 1.02. The Labute approximate surface area is 304 Å². The van der Waals surface area contributed by atoms with Crippen molar-refractivity contribution in [1.29, 1.82) is 0 Å². The number of carbonyl (C=O) groups is 3. The number of nitrogens with one attached hydrogen (secondary N) is 1. The van der Waals surface area contributed by atoms with Crippen molar-refractivity contribution in [2.45, 2.75) is 103 Å². The number of ketones is 2. The zero-order chi connectivity index (χ0) is 36.8. The molecule has 2 heterocycles. The van der Waals surface area contributed by atoms with Gasteiger partial charge < -0.3 is 29.2 Å². The highest BCUT2D eigenvalue weighted by atomic mass is 16.7. The van der Waals surface area contributed by atoms with Gasteiger partial charge >= 0.3 is 6.09 Å². The first-order valence-corrected chi connectivity index (χ1v) is 18.6. The van der Waals surface area contributed by atoms with Crippen LogP contribution in [0.4, 0.5) is 10.5 Å². The monoisotopic (exact) mass is 711 g/mol. The predicted molar refractivity (Wildman–Crippen MR) is 192 cm³/mol. The van der Waals surface area contributed by atoms with E-state index in [1.807, 2.05) is 64.1 Å². The number of rotatable bonds is 6. The van der Waals surface area contributed by atoms with Crippen molar-refractivity contribution in [3.63, 3.8) is 0 Å². The summed E-state index contributed by atoms with van der Waals surface area (Å²) in [5.74, 6) is 0.288. The molecule has 1 amide bonds. The highest BCUT2D eigenvalue weighted by molar-refractivity contribution is 6.01. The van der Waals surface area contributed by atoms with Crippen LogP contribution in [0.2, 0.25) is 0 Å². The summed E-state index contributed by atoms with van der Waals surface area (Å²) in [5.41, 5.74) is 2.29. The molecule has 10 heteroatoms. The number of hydrogen-bond acceptors (Lipinski definition) is 9. The van der Waals surface area contributed by atoms with Crippen LogP contribution in [0.1, 0.15) is 88.8 Å². The van der Waals surface area contributed by atoms with Crippen molar-refractivity contribution in [3.8, 4) is 5.75 Å². The molecule has 52 heavy (non-hydrogen) atoms. The molecule has 10 nitrogen and oxygen atoms in total. The SMILES string of the molecule is CC(C)(C)OC(=O)Nc1cc(Cc2ccc([C@@H]3O[C@@H]4C[C@H]5[C@@H]6CCC7=CC(=O)C=C[C@]7(C)[C@H]6[C@@H](O)C[C@]5(C)[C@]4(C(=O)CO)O3)cc2)cc2c1OCC2. The molecule has 4 fully saturated rings. The number of anilines is 1. The average molecular weight is 712 g/mol.